The lowest BCUT2D eigenvalue weighted by atomic mass is 9.93. The van der Waals surface area contributed by atoms with Gasteiger partial charge in [0, 0.05) is 0 Å². The number of fused-ring (bicyclic) bond motifs is 2. The molecule has 3 atom stereocenters. The molecule has 0 spiro atoms. The van der Waals surface area contributed by atoms with Crippen LogP contribution >= 0.6 is 0 Å². The molecule has 2 rings (SSSR count). The highest BCUT2D eigenvalue weighted by Crippen LogP contribution is 2.42. The lowest BCUT2D eigenvalue weighted by molar-refractivity contribution is 0.412. The van der Waals surface area contributed by atoms with Gasteiger partial charge in [-0.3, -0.25) is 0 Å². The van der Waals surface area contributed by atoms with Gasteiger partial charge >= 0.3 is 0 Å². The van der Waals surface area contributed by atoms with E-state index in [0.717, 1.165) is 17.8 Å². The molecule has 0 aliphatic heterocycles. The Morgan fingerprint density at radius 1 is 1.21 bits per heavy atom. The first-order valence-corrected chi connectivity index (χ1v) is 6.29. The lowest BCUT2D eigenvalue weighted by Gasteiger charge is -2.18. The van der Waals surface area contributed by atoms with E-state index in [4.69, 9.17) is 0 Å². The summed E-state index contributed by atoms with van der Waals surface area (Å²) in [4.78, 5) is 0. The fraction of sp³-hybridized carbons (Fsp3) is 0.846. The predicted octanol–water partition coefficient (Wildman–Crippen LogP) is 2.98. The second-order valence-electron chi connectivity index (χ2n) is 4.95. The second kappa shape index (κ2) is 4.97. The van der Waals surface area contributed by atoms with Crippen molar-refractivity contribution in [3.05, 3.63) is 12.2 Å². The number of allylic oxidation sites excluding steroid dienone is 2. The van der Waals surface area contributed by atoms with Crippen LogP contribution in [0.25, 0.3) is 0 Å². The first kappa shape index (κ1) is 10.2. The van der Waals surface area contributed by atoms with E-state index in [1.807, 2.05) is 0 Å². The van der Waals surface area contributed by atoms with E-state index in [9.17, 15) is 0 Å². The zero-order valence-corrected chi connectivity index (χ0v) is 9.34. The topological polar surface area (TPSA) is 12.0 Å². The highest BCUT2D eigenvalue weighted by Gasteiger charge is 2.34. The number of hydrogen-bond acceptors (Lipinski definition) is 1. The van der Waals surface area contributed by atoms with Crippen molar-refractivity contribution in [3.8, 4) is 0 Å². The van der Waals surface area contributed by atoms with Crippen LogP contribution < -0.4 is 5.32 Å². The third-order valence-corrected chi connectivity index (χ3v) is 3.78. The standard InChI is InChI=1S/C13H23N/c1-2-3-4-7-14-10-13-9-11-5-6-12(13)8-11/h5-6,11-14H,2-4,7-10H2,1H3/t11-,12-,13+/m0/s1. The number of hydrogen-bond donors (Lipinski definition) is 1. The Morgan fingerprint density at radius 3 is 2.79 bits per heavy atom. The van der Waals surface area contributed by atoms with Crippen molar-refractivity contribution in [1.29, 1.82) is 0 Å². The van der Waals surface area contributed by atoms with Gasteiger partial charge in [0.1, 0.15) is 0 Å². The predicted molar refractivity (Wildman–Crippen MR) is 61.2 cm³/mol. The number of nitrogens with one attached hydrogen (secondary N) is 1. The van der Waals surface area contributed by atoms with E-state index < -0.39 is 0 Å². The van der Waals surface area contributed by atoms with E-state index in [1.54, 1.807) is 0 Å². The Labute approximate surface area is 88.0 Å². The summed E-state index contributed by atoms with van der Waals surface area (Å²) in [5, 5.41) is 3.61. The van der Waals surface area contributed by atoms with Crippen molar-refractivity contribution in [2.24, 2.45) is 17.8 Å². The summed E-state index contributed by atoms with van der Waals surface area (Å²) in [5.74, 6) is 2.80. The van der Waals surface area contributed by atoms with E-state index in [0.29, 0.717) is 0 Å². The van der Waals surface area contributed by atoms with E-state index in [2.05, 4.69) is 24.4 Å². The maximum atomic E-state index is 3.61. The molecule has 1 saturated carbocycles. The first-order chi connectivity index (χ1) is 6.90. The van der Waals surface area contributed by atoms with Gasteiger partial charge in [-0.2, -0.15) is 0 Å². The van der Waals surface area contributed by atoms with Gasteiger partial charge in [-0.05, 0) is 50.1 Å². The van der Waals surface area contributed by atoms with Crippen LogP contribution in [-0.2, 0) is 0 Å². The maximum Gasteiger partial charge on any atom is -0.00147 e. The molecule has 2 aliphatic carbocycles. The van der Waals surface area contributed by atoms with Crippen LogP contribution in [-0.4, -0.2) is 13.1 Å². The van der Waals surface area contributed by atoms with Crippen LogP contribution in [0.3, 0.4) is 0 Å². The van der Waals surface area contributed by atoms with Crippen molar-refractivity contribution >= 4 is 0 Å². The summed E-state index contributed by atoms with van der Waals surface area (Å²) in [7, 11) is 0. The molecule has 0 saturated heterocycles. The van der Waals surface area contributed by atoms with Gasteiger partial charge in [-0.1, -0.05) is 31.9 Å². The zero-order chi connectivity index (χ0) is 9.80. The number of unbranched alkanes of at least 4 members (excludes halogenated alkanes) is 2. The number of rotatable bonds is 6. The van der Waals surface area contributed by atoms with Crippen molar-refractivity contribution in [1.82, 2.24) is 5.32 Å². The Kier molecular flexibility index (Phi) is 3.63. The second-order valence-corrected chi connectivity index (χ2v) is 4.95. The van der Waals surface area contributed by atoms with Gasteiger partial charge < -0.3 is 5.32 Å². The van der Waals surface area contributed by atoms with Crippen molar-refractivity contribution < 1.29 is 0 Å². The summed E-state index contributed by atoms with van der Waals surface area (Å²) < 4.78 is 0. The SMILES string of the molecule is CCCCCNC[C@H]1C[C@H]2C=C[C@H]1C2. The summed E-state index contributed by atoms with van der Waals surface area (Å²) in [6, 6.07) is 0. The first-order valence-electron chi connectivity index (χ1n) is 6.29. The Hall–Kier alpha value is -0.300. The molecule has 14 heavy (non-hydrogen) atoms. The molecule has 0 heterocycles. The van der Waals surface area contributed by atoms with Gasteiger partial charge in [-0.15, -0.1) is 0 Å². The average Bonchev–Trinajstić information content (AvgIpc) is 2.79. The fourth-order valence-electron chi connectivity index (χ4n) is 2.92. The molecular weight excluding hydrogens is 170 g/mol. The zero-order valence-electron chi connectivity index (χ0n) is 9.34. The molecular formula is C13H23N. The minimum atomic E-state index is 0.915. The fourth-order valence-corrected chi connectivity index (χ4v) is 2.92. The molecule has 0 aromatic heterocycles. The molecule has 0 unspecified atom stereocenters. The van der Waals surface area contributed by atoms with Gasteiger partial charge in [0.05, 0.1) is 0 Å². The summed E-state index contributed by atoms with van der Waals surface area (Å²) >= 11 is 0. The monoisotopic (exact) mass is 193 g/mol. The summed E-state index contributed by atoms with van der Waals surface area (Å²) in [6.45, 7) is 4.75. The van der Waals surface area contributed by atoms with Gasteiger partial charge in [-0.25, -0.2) is 0 Å². The molecule has 0 aromatic carbocycles. The van der Waals surface area contributed by atoms with Crippen LogP contribution in [0.15, 0.2) is 12.2 Å². The van der Waals surface area contributed by atoms with Crippen LogP contribution in [0, 0.1) is 17.8 Å². The molecule has 1 N–H and O–H groups in total. The molecule has 2 bridgehead atoms. The smallest absolute Gasteiger partial charge is 0.00147 e. The minimum absolute atomic E-state index is 0.915. The van der Waals surface area contributed by atoms with E-state index >= 15 is 0 Å². The third kappa shape index (κ3) is 2.38. The van der Waals surface area contributed by atoms with E-state index in [-0.39, 0.29) is 0 Å². The summed E-state index contributed by atoms with van der Waals surface area (Å²) in [5.41, 5.74) is 0. The quantitative estimate of drug-likeness (QED) is 0.505. The molecule has 0 amide bonds. The van der Waals surface area contributed by atoms with Crippen molar-refractivity contribution in [2.75, 3.05) is 13.1 Å². The maximum absolute atomic E-state index is 3.61. The van der Waals surface area contributed by atoms with Gasteiger partial charge in [0.2, 0.25) is 0 Å². The molecule has 2 aliphatic rings. The molecule has 0 radical (unpaired) electrons. The highest BCUT2D eigenvalue weighted by atomic mass is 14.9. The minimum Gasteiger partial charge on any atom is -0.316 e. The average molecular weight is 193 g/mol. The largest absolute Gasteiger partial charge is 0.316 e. The van der Waals surface area contributed by atoms with Crippen LogP contribution in [0.2, 0.25) is 0 Å². The van der Waals surface area contributed by atoms with Crippen LogP contribution in [0.5, 0.6) is 0 Å². The highest BCUT2D eigenvalue weighted by molar-refractivity contribution is 5.10. The molecule has 0 aromatic rings. The Balaban J connectivity index is 1.56. The third-order valence-electron chi connectivity index (χ3n) is 3.78. The molecule has 80 valence electrons. The van der Waals surface area contributed by atoms with E-state index in [1.165, 1.54) is 45.2 Å². The van der Waals surface area contributed by atoms with Crippen LogP contribution in [0.1, 0.15) is 39.0 Å². The molecule has 1 fully saturated rings. The molecule has 1 heteroatoms. The van der Waals surface area contributed by atoms with Crippen molar-refractivity contribution in [3.63, 3.8) is 0 Å². The van der Waals surface area contributed by atoms with Gasteiger partial charge in [0.15, 0.2) is 0 Å². The summed E-state index contributed by atoms with van der Waals surface area (Å²) in [6.07, 6.45) is 11.8. The molecule has 1 nitrogen and oxygen atoms in total. The Bertz CT molecular complexity index is 197. The normalized spacial score (nSPS) is 34.2. The van der Waals surface area contributed by atoms with Gasteiger partial charge in [0.25, 0.3) is 0 Å². The van der Waals surface area contributed by atoms with Crippen molar-refractivity contribution in [2.45, 2.75) is 39.0 Å². The van der Waals surface area contributed by atoms with Crippen LogP contribution in [0.4, 0.5) is 0 Å². The lowest BCUT2D eigenvalue weighted by Crippen LogP contribution is -2.26. The Morgan fingerprint density at radius 2 is 2.14 bits per heavy atom.